The number of hydrogen-bond donors (Lipinski definition) is 1. The minimum atomic E-state index is -3.45. The Morgan fingerprint density at radius 3 is 2.29 bits per heavy atom. The number of alkyl halides is 1. The molecule has 1 aromatic carbocycles. The molecule has 0 radical (unpaired) electrons. The maximum Gasteiger partial charge on any atom is 0.338 e. The Labute approximate surface area is 130 Å². The molecule has 1 atom stereocenters. The van der Waals surface area contributed by atoms with Crippen LogP contribution < -0.4 is 4.72 Å². The highest BCUT2D eigenvalue weighted by molar-refractivity contribution is 7.92. The van der Waals surface area contributed by atoms with Crippen molar-refractivity contribution in [2.24, 2.45) is 5.92 Å². The fourth-order valence-corrected chi connectivity index (χ4v) is 3.28. The van der Waals surface area contributed by atoms with Gasteiger partial charge in [0.1, 0.15) is 0 Å². The van der Waals surface area contributed by atoms with Gasteiger partial charge in [0, 0.05) is 11.6 Å². The predicted molar refractivity (Wildman–Crippen MR) is 84.3 cm³/mol. The van der Waals surface area contributed by atoms with E-state index >= 15 is 0 Å². The summed E-state index contributed by atoms with van der Waals surface area (Å²) in [6.07, 6.45) is -0.201. The average molecular weight is 334 g/mol. The molecule has 0 aromatic heterocycles. The lowest BCUT2D eigenvalue weighted by Crippen LogP contribution is -2.22. The van der Waals surface area contributed by atoms with E-state index < -0.39 is 16.0 Å². The van der Waals surface area contributed by atoms with E-state index in [1.807, 2.05) is 0 Å². The van der Waals surface area contributed by atoms with Crippen LogP contribution in [0.25, 0.3) is 0 Å². The quantitative estimate of drug-likeness (QED) is 0.615. The van der Waals surface area contributed by atoms with Gasteiger partial charge in [-0.2, -0.15) is 0 Å². The summed E-state index contributed by atoms with van der Waals surface area (Å²) in [6.45, 7) is 5.29. The fraction of sp³-hybridized carbons (Fsp3) is 0.500. The normalized spacial score (nSPS) is 13.0. The van der Waals surface area contributed by atoms with E-state index in [2.05, 4.69) is 4.72 Å². The summed E-state index contributed by atoms with van der Waals surface area (Å²) in [4.78, 5) is 11.7. The number of hydrogen-bond acceptors (Lipinski definition) is 4. The Balaban J connectivity index is 2.73. The van der Waals surface area contributed by atoms with Gasteiger partial charge in [0.25, 0.3) is 0 Å². The third-order valence-corrected chi connectivity index (χ3v) is 4.59. The number of ether oxygens (including phenoxy) is 1. The number of carbonyl (C=O) groups is 1. The molecule has 7 heteroatoms. The van der Waals surface area contributed by atoms with E-state index in [9.17, 15) is 13.2 Å². The first-order valence-corrected chi connectivity index (χ1v) is 8.79. The highest BCUT2D eigenvalue weighted by Gasteiger charge is 2.15. The average Bonchev–Trinajstić information content (AvgIpc) is 2.37. The summed E-state index contributed by atoms with van der Waals surface area (Å²) in [6, 6.07) is 6.10. The third-order valence-electron chi connectivity index (χ3n) is 2.50. The molecule has 0 saturated carbocycles. The van der Waals surface area contributed by atoms with Crippen molar-refractivity contribution < 1.29 is 17.9 Å². The Bertz CT molecular complexity index is 569. The van der Waals surface area contributed by atoms with Crippen molar-refractivity contribution in [2.75, 3.05) is 16.4 Å². The second kappa shape index (κ2) is 7.66. The zero-order chi connectivity index (χ0) is 16.0. The molecule has 0 aliphatic heterocycles. The minimum Gasteiger partial charge on any atom is -0.459 e. The van der Waals surface area contributed by atoms with Crippen LogP contribution in [0, 0.1) is 5.92 Å². The molecule has 0 fully saturated rings. The Morgan fingerprint density at radius 1 is 1.24 bits per heavy atom. The largest absolute Gasteiger partial charge is 0.459 e. The van der Waals surface area contributed by atoms with E-state index in [1.165, 1.54) is 24.3 Å². The molecule has 1 N–H and O–H groups in total. The van der Waals surface area contributed by atoms with Gasteiger partial charge in [-0.05, 0) is 44.0 Å². The molecular formula is C14H20ClNO4S. The molecule has 0 aliphatic rings. The molecule has 118 valence electrons. The molecule has 0 heterocycles. The minimum absolute atomic E-state index is 0.0480. The SMILES string of the molecule is CC(CCl)CS(=O)(=O)Nc1ccc(C(=O)OC(C)C)cc1. The molecular weight excluding hydrogens is 314 g/mol. The van der Waals surface area contributed by atoms with Crippen LogP contribution in [0.15, 0.2) is 24.3 Å². The van der Waals surface area contributed by atoms with Crippen LogP contribution in [0.3, 0.4) is 0 Å². The van der Waals surface area contributed by atoms with Crippen LogP contribution in [-0.2, 0) is 14.8 Å². The Morgan fingerprint density at radius 2 is 1.81 bits per heavy atom. The number of esters is 1. The molecule has 0 bridgehead atoms. The summed E-state index contributed by atoms with van der Waals surface area (Å²) in [5.74, 6) is -0.339. The topological polar surface area (TPSA) is 72.5 Å². The van der Waals surface area contributed by atoms with E-state index in [1.54, 1.807) is 20.8 Å². The highest BCUT2D eigenvalue weighted by Crippen LogP contribution is 2.14. The molecule has 0 amide bonds. The molecule has 5 nitrogen and oxygen atoms in total. The number of halogens is 1. The van der Waals surface area contributed by atoms with E-state index in [0.717, 1.165) is 0 Å². The molecule has 0 aliphatic carbocycles. The van der Waals surface area contributed by atoms with Crippen molar-refractivity contribution in [2.45, 2.75) is 26.9 Å². The molecule has 0 saturated heterocycles. The van der Waals surface area contributed by atoms with Crippen LogP contribution in [0.1, 0.15) is 31.1 Å². The summed E-state index contributed by atoms with van der Waals surface area (Å²) < 4.78 is 31.2. The lowest BCUT2D eigenvalue weighted by molar-refractivity contribution is 0.0378. The van der Waals surface area contributed by atoms with Gasteiger partial charge >= 0.3 is 5.97 Å². The van der Waals surface area contributed by atoms with Crippen molar-refractivity contribution in [3.63, 3.8) is 0 Å². The first kappa shape index (κ1) is 17.8. The first-order chi connectivity index (χ1) is 9.73. The van der Waals surface area contributed by atoms with Crippen LogP contribution in [0.4, 0.5) is 5.69 Å². The summed E-state index contributed by atoms with van der Waals surface area (Å²) in [5, 5.41) is 0. The van der Waals surface area contributed by atoms with Gasteiger partial charge in [-0.25, -0.2) is 13.2 Å². The molecule has 0 spiro atoms. The molecule has 1 rings (SSSR count). The number of rotatable bonds is 7. The van der Waals surface area contributed by atoms with Gasteiger partial charge in [0.05, 0.1) is 17.4 Å². The number of anilines is 1. The maximum absolute atomic E-state index is 11.9. The van der Waals surface area contributed by atoms with Crippen molar-refractivity contribution >= 4 is 33.3 Å². The maximum atomic E-state index is 11.9. The predicted octanol–water partition coefficient (Wildman–Crippen LogP) is 2.87. The van der Waals surface area contributed by atoms with Gasteiger partial charge in [-0.1, -0.05) is 6.92 Å². The lowest BCUT2D eigenvalue weighted by atomic mass is 10.2. The standard InChI is InChI=1S/C14H20ClNO4S/c1-10(2)20-14(17)12-4-6-13(7-5-12)16-21(18,19)9-11(3)8-15/h4-7,10-11,16H,8-9H2,1-3H3. The van der Waals surface area contributed by atoms with Crippen molar-refractivity contribution in [1.82, 2.24) is 0 Å². The smallest absolute Gasteiger partial charge is 0.338 e. The second-order valence-electron chi connectivity index (χ2n) is 5.17. The highest BCUT2D eigenvalue weighted by atomic mass is 35.5. The lowest BCUT2D eigenvalue weighted by Gasteiger charge is -2.12. The number of sulfonamides is 1. The number of benzene rings is 1. The van der Waals surface area contributed by atoms with E-state index in [0.29, 0.717) is 11.3 Å². The van der Waals surface area contributed by atoms with Gasteiger partial charge in [0.2, 0.25) is 10.0 Å². The van der Waals surface area contributed by atoms with Gasteiger partial charge in [0.15, 0.2) is 0 Å². The van der Waals surface area contributed by atoms with Gasteiger partial charge < -0.3 is 4.74 Å². The van der Waals surface area contributed by atoms with Crippen LogP contribution in [0.2, 0.25) is 0 Å². The second-order valence-corrected chi connectivity index (χ2v) is 7.25. The monoisotopic (exact) mass is 333 g/mol. The summed E-state index contributed by atoms with van der Waals surface area (Å²) in [7, 11) is -3.45. The number of nitrogens with one attached hydrogen (secondary N) is 1. The zero-order valence-electron chi connectivity index (χ0n) is 12.3. The first-order valence-electron chi connectivity index (χ1n) is 6.61. The van der Waals surface area contributed by atoms with E-state index in [4.69, 9.17) is 16.3 Å². The molecule has 21 heavy (non-hydrogen) atoms. The van der Waals surface area contributed by atoms with Crippen molar-refractivity contribution in [3.8, 4) is 0 Å². The van der Waals surface area contributed by atoms with Crippen LogP contribution >= 0.6 is 11.6 Å². The number of carbonyl (C=O) groups excluding carboxylic acids is 1. The fourth-order valence-electron chi connectivity index (χ4n) is 1.60. The zero-order valence-corrected chi connectivity index (χ0v) is 13.9. The van der Waals surface area contributed by atoms with Crippen molar-refractivity contribution in [3.05, 3.63) is 29.8 Å². The summed E-state index contributed by atoms with van der Waals surface area (Å²) in [5.41, 5.74) is 0.777. The van der Waals surface area contributed by atoms with Gasteiger partial charge in [-0.15, -0.1) is 11.6 Å². The van der Waals surface area contributed by atoms with Crippen molar-refractivity contribution in [1.29, 1.82) is 0 Å². The van der Waals surface area contributed by atoms with E-state index in [-0.39, 0.29) is 23.7 Å². The van der Waals surface area contributed by atoms with Crippen LogP contribution in [0.5, 0.6) is 0 Å². The molecule has 1 aromatic rings. The third kappa shape index (κ3) is 6.35. The van der Waals surface area contributed by atoms with Gasteiger partial charge in [-0.3, -0.25) is 4.72 Å². The Kier molecular flexibility index (Phi) is 6.48. The molecule has 1 unspecified atom stereocenters. The van der Waals surface area contributed by atoms with Crippen LogP contribution in [-0.4, -0.2) is 32.1 Å². The summed E-state index contributed by atoms with van der Waals surface area (Å²) >= 11 is 5.61. The Hall–Kier alpha value is -1.27.